The Morgan fingerprint density at radius 3 is 2.56 bits per heavy atom. The van der Waals surface area contributed by atoms with Crippen LogP contribution >= 0.6 is 23.2 Å². The number of rotatable bonds is 9. The Bertz CT molecular complexity index is 1070. The molecule has 32 heavy (non-hydrogen) atoms. The molecule has 0 radical (unpaired) electrons. The molecule has 2 N–H and O–H groups in total. The second-order valence-electron chi connectivity index (χ2n) is 6.84. The maximum absolute atomic E-state index is 12.8. The summed E-state index contributed by atoms with van der Waals surface area (Å²) in [6.45, 7) is 1.56. The van der Waals surface area contributed by atoms with Crippen molar-refractivity contribution in [3.63, 3.8) is 0 Å². The lowest BCUT2D eigenvalue weighted by atomic mass is 10.1. The van der Waals surface area contributed by atoms with Crippen LogP contribution in [0.15, 0.2) is 76.4 Å². The van der Waals surface area contributed by atoms with Crippen LogP contribution in [0.25, 0.3) is 0 Å². The number of hydrogen-bond acceptors (Lipinski definition) is 5. The van der Waals surface area contributed by atoms with Gasteiger partial charge in [-0.05, 0) is 42.8 Å². The van der Waals surface area contributed by atoms with E-state index in [0.717, 1.165) is 5.56 Å². The van der Waals surface area contributed by atoms with Crippen LogP contribution in [0.2, 0.25) is 10.0 Å². The van der Waals surface area contributed by atoms with Crippen LogP contribution in [0, 0.1) is 0 Å². The summed E-state index contributed by atoms with van der Waals surface area (Å²) in [5.74, 6) is -0.175. The zero-order valence-corrected chi connectivity index (χ0v) is 18.6. The number of furan rings is 1. The lowest BCUT2D eigenvalue weighted by Gasteiger charge is -2.21. The van der Waals surface area contributed by atoms with Crippen LogP contribution in [0.3, 0.4) is 0 Å². The molecule has 0 fully saturated rings. The molecule has 1 heterocycles. The third-order valence-electron chi connectivity index (χ3n) is 4.39. The van der Waals surface area contributed by atoms with Crippen molar-refractivity contribution in [1.29, 1.82) is 0 Å². The van der Waals surface area contributed by atoms with Gasteiger partial charge in [0.05, 0.1) is 17.5 Å². The average Bonchev–Trinajstić information content (AvgIpc) is 3.29. The zero-order chi connectivity index (χ0) is 22.9. The molecule has 2 atom stereocenters. The van der Waals surface area contributed by atoms with Gasteiger partial charge in [0.15, 0.2) is 6.10 Å². The molecule has 0 aliphatic carbocycles. The monoisotopic (exact) mass is 473 g/mol. The summed E-state index contributed by atoms with van der Waals surface area (Å²) in [6.07, 6.45) is 2.22. The van der Waals surface area contributed by atoms with Gasteiger partial charge in [-0.2, -0.15) is 5.10 Å². The first kappa shape index (κ1) is 23.4. The molecule has 0 bridgehead atoms. The van der Waals surface area contributed by atoms with E-state index in [4.69, 9.17) is 32.4 Å². The predicted molar refractivity (Wildman–Crippen MR) is 123 cm³/mol. The fourth-order valence-corrected chi connectivity index (χ4v) is 3.22. The summed E-state index contributed by atoms with van der Waals surface area (Å²) in [7, 11) is 0. The molecule has 0 spiro atoms. The van der Waals surface area contributed by atoms with Gasteiger partial charge < -0.3 is 14.5 Å². The number of amides is 2. The van der Waals surface area contributed by atoms with Gasteiger partial charge in [0.2, 0.25) is 0 Å². The third-order valence-corrected chi connectivity index (χ3v) is 4.92. The van der Waals surface area contributed by atoms with E-state index in [-0.39, 0.29) is 11.4 Å². The standard InChI is InChI=1S/C23H21Cl2N3O4/c1-15(32-21-10-9-17(24)13-19(21)25)22(29)27-20(12-16-6-3-2-4-7-16)23(30)28-26-14-18-8-5-11-31-18/h2-11,13-15,20H,12H2,1H3,(H,27,29)(H,28,30)/b26-14-/t15-,20+/m1/s1. The van der Waals surface area contributed by atoms with Crippen LogP contribution in [-0.4, -0.2) is 30.2 Å². The van der Waals surface area contributed by atoms with Crippen LogP contribution in [0.5, 0.6) is 5.75 Å². The molecule has 0 saturated heterocycles. The summed E-state index contributed by atoms with van der Waals surface area (Å²) in [4.78, 5) is 25.5. The van der Waals surface area contributed by atoms with Crippen LogP contribution in [0.4, 0.5) is 0 Å². The quantitative estimate of drug-likeness (QED) is 0.359. The normalized spacial score (nSPS) is 12.8. The van der Waals surface area contributed by atoms with E-state index in [1.54, 1.807) is 31.2 Å². The average molecular weight is 474 g/mol. The van der Waals surface area contributed by atoms with Crippen molar-refractivity contribution >= 4 is 41.2 Å². The Hall–Kier alpha value is -3.29. The van der Waals surface area contributed by atoms with Crippen molar-refractivity contribution in [3.8, 4) is 5.75 Å². The minimum absolute atomic E-state index is 0.267. The molecule has 3 aromatic rings. The van der Waals surface area contributed by atoms with Gasteiger partial charge in [0, 0.05) is 11.4 Å². The van der Waals surface area contributed by atoms with Crippen molar-refractivity contribution in [1.82, 2.24) is 10.7 Å². The summed E-state index contributed by atoms with van der Waals surface area (Å²) < 4.78 is 10.8. The lowest BCUT2D eigenvalue weighted by molar-refractivity contribution is -0.132. The van der Waals surface area contributed by atoms with Crippen molar-refractivity contribution in [2.75, 3.05) is 0 Å². The van der Waals surface area contributed by atoms with Gasteiger partial charge in [-0.25, -0.2) is 5.43 Å². The third kappa shape index (κ3) is 6.87. The van der Waals surface area contributed by atoms with Crippen LogP contribution < -0.4 is 15.5 Å². The summed E-state index contributed by atoms with van der Waals surface area (Å²) in [5.41, 5.74) is 3.30. The predicted octanol–water partition coefficient (Wildman–Crippen LogP) is 4.23. The fourth-order valence-electron chi connectivity index (χ4n) is 2.77. The van der Waals surface area contributed by atoms with E-state index in [2.05, 4.69) is 15.8 Å². The minimum Gasteiger partial charge on any atom is -0.479 e. The highest BCUT2D eigenvalue weighted by molar-refractivity contribution is 6.35. The van der Waals surface area contributed by atoms with Gasteiger partial charge in [-0.3, -0.25) is 9.59 Å². The molecule has 9 heteroatoms. The highest BCUT2D eigenvalue weighted by Gasteiger charge is 2.25. The van der Waals surface area contributed by atoms with Crippen molar-refractivity contribution in [3.05, 3.63) is 88.3 Å². The van der Waals surface area contributed by atoms with E-state index in [1.165, 1.54) is 18.5 Å². The van der Waals surface area contributed by atoms with Gasteiger partial charge in [-0.1, -0.05) is 53.5 Å². The molecule has 166 valence electrons. The summed E-state index contributed by atoms with van der Waals surface area (Å²) in [6, 6.07) is 16.5. The zero-order valence-electron chi connectivity index (χ0n) is 17.1. The molecule has 7 nitrogen and oxygen atoms in total. The van der Waals surface area contributed by atoms with Gasteiger partial charge in [-0.15, -0.1) is 0 Å². The maximum Gasteiger partial charge on any atom is 0.262 e. The summed E-state index contributed by atoms with van der Waals surface area (Å²) in [5, 5.41) is 7.34. The second kappa shape index (κ2) is 11.4. The Labute approximate surface area is 195 Å². The van der Waals surface area contributed by atoms with Crippen LogP contribution in [-0.2, 0) is 16.0 Å². The number of hydrogen-bond donors (Lipinski definition) is 2. The topological polar surface area (TPSA) is 92.9 Å². The van der Waals surface area contributed by atoms with Crippen molar-refractivity contribution in [2.24, 2.45) is 5.10 Å². The number of nitrogens with one attached hydrogen (secondary N) is 2. The van der Waals surface area contributed by atoms with Crippen LogP contribution in [0.1, 0.15) is 18.2 Å². The van der Waals surface area contributed by atoms with Crippen molar-refractivity contribution in [2.45, 2.75) is 25.5 Å². The fraction of sp³-hybridized carbons (Fsp3) is 0.174. The largest absolute Gasteiger partial charge is 0.479 e. The van der Waals surface area contributed by atoms with Gasteiger partial charge in [0.25, 0.3) is 11.8 Å². The van der Waals surface area contributed by atoms with Gasteiger partial charge in [0.1, 0.15) is 17.6 Å². The highest BCUT2D eigenvalue weighted by atomic mass is 35.5. The van der Waals surface area contributed by atoms with E-state index in [9.17, 15) is 9.59 Å². The number of carbonyl (C=O) groups excluding carboxylic acids is 2. The van der Waals surface area contributed by atoms with E-state index in [1.807, 2.05) is 30.3 Å². The number of halogens is 2. The number of benzene rings is 2. The molecule has 3 rings (SSSR count). The van der Waals surface area contributed by atoms with E-state index >= 15 is 0 Å². The molecular weight excluding hydrogens is 453 g/mol. The smallest absolute Gasteiger partial charge is 0.262 e. The molecule has 0 unspecified atom stereocenters. The number of nitrogens with zero attached hydrogens (tertiary/aromatic N) is 1. The minimum atomic E-state index is -0.911. The maximum atomic E-state index is 12.8. The SMILES string of the molecule is C[C@@H](Oc1ccc(Cl)cc1Cl)C(=O)N[C@@H](Cc1ccccc1)C(=O)N/N=C\c1ccco1. The Balaban J connectivity index is 1.67. The highest BCUT2D eigenvalue weighted by Crippen LogP contribution is 2.28. The number of carbonyl (C=O) groups is 2. The number of ether oxygens (including phenoxy) is 1. The molecule has 0 aliphatic heterocycles. The van der Waals surface area contributed by atoms with Crippen molar-refractivity contribution < 1.29 is 18.7 Å². The Kier molecular flexibility index (Phi) is 8.30. The van der Waals surface area contributed by atoms with E-state index in [0.29, 0.717) is 16.5 Å². The van der Waals surface area contributed by atoms with Gasteiger partial charge >= 0.3 is 0 Å². The van der Waals surface area contributed by atoms with E-state index < -0.39 is 24.0 Å². The molecule has 2 amide bonds. The summed E-state index contributed by atoms with van der Waals surface area (Å²) >= 11 is 12.0. The first-order chi connectivity index (χ1) is 15.4. The molecule has 1 aromatic heterocycles. The lowest BCUT2D eigenvalue weighted by Crippen LogP contribution is -2.50. The Morgan fingerprint density at radius 2 is 1.88 bits per heavy atom. The molecule has 0 aliphatic rings. The molecular formula is C23H21Cl2N3O4. The molecule has 0 saturated carbocycles. The first-order valence-corrected chi connectivity index (χ1v) is 10.5. The first-order valence-electron chi connectivity index (χ1n) is 9.75. The second-order valence-corrected chi connectivity index (χ2v) is 7.68. The Morgan fingerprint density at radius 1 is 1.09 bits per heavy atom. The number of hydrazone groups is 1. The molecule has 2 aromatic carbocycles.